The molecule has 12 heteroatoms. The van der Waals surface area contributed by atoms with Crippen molar-refractivity contribution in [1.82, 2.24) is 0 Å². The van der Waals surface area contributed by atoms with Gasteiger partial charge in [0.05, 0.1) is 0 Å². The minimum absolute atomic E-state index is 1.79. The summed E-state index contributed by atoms with van der Waals surface area (Å²) in [5.41, 5.74) is 0. The van der Waals surface area contributed by atoms with Gasteiger partial charge in [0, 0.05) is 0 Å². The SMILES string of the molecule is FC(F)OC(F)(F)C(F)(F)C(F)(F)C(F)(F)F. The van der Waals surface area contributed by atoms with E-state index in [0.717, 1.165) is 0 Å². The Morgan fingerprint density at radius 1 is 0.647 bits per heavy atom. The van der Waals surface area contributed by atoms with Crippen molar-refractivity contribution >= 4 is 0 Å². The average molecular weight is 286 g/mol. The lowest BCUT2D eigenvalue weighted by Gasteiger charge is -2.32. The molecular weight excluding hydrogens is 285 g/mol. The molecule has 0 heterocycles. The molecule has 0 aromatic rings. The van der Waals surface area contributed by atoms with Crippen molar-refractivity contribution in [2.45, 2.75) is 30.7 Å². The van der Waals surface area contributed by atoms with E-state index < -0.39 is 30.7 Å². The Kier molecular flexibility index (Phi) is 3.94. The van der Waals surface area contributed by atoms with E-state index in [-0.39, 0.29) is 0 Å². The highest BCUT2D eigenvalue weighted by atomic mass is 19.4. The van der Waals surface area contributed by atoms with Crippen molar-refractivity contribution in [2.24, 2.45) is 0 Å². The number of halogens is 11. The molecule has 17 heavy (non-hydrogen) atoms. The van der Waals surface area contributed by atoms with Crippen molar-refractivity contribution in [3.8, 4) is 0 Å². The molecule has 0 radical (unpaired) electrons. The van der Waals surface area contributed by atoms with Gasteiger partial charge in [-0.25, -0.2) is 0 Å². The molecule has 0 fully saturated rings. The first-order valence-corrected chi connectivity index (χ1v) is 3.33. The van der Waals surface area contributed by atoms with E-state index in [1.807, 2.05) is 0 Å². The highest BCUT2D eigenvalue weighted by molar-refractivity contribution is 4.96. The molecule has 0 rings (SSSR count). The number of hydrogen-bond donors (Lipinski definition) is 0. The summed E-state index contributed by atoms with van der Waals surface area (Å²) in [5.74, 6) is -14.4. The number of ether oxygens (including phenoxy) is 1. The minimum atomic E-state index is -7.24. The molecule has 0 aliphatic rings. The number of alkyl halides is 11. The average Bonchev–Trinajstić information content (AvgIpc) is 1.98. The number of hydrogen-bond acceptors (Lipinski definition) is 1. The first kappa shape index (κ1) is 16.2. The van der Waals surface area contributed by atoms with Crippen LogP contribution in [0.25, 0.3) is 0 Å². The van der Waals surface area contributed by atoms with E-state index in [2.05, 4.69) is 0 Å². The molecular formula is C5HF11O. The molecule has 104 valence electrons. The predicted octanol–water partition coefficient (Wildman–Crippen LogP) is 3.65. The third-order valence-corrected chi connectivity index (χ3v) is 1.35. The quantitative estimate of drug-likeness (QED) is 0.717. The third kappa shape index (κ3) is 2.72. The zero-order chi connectivity index (χ0) is 14.3. The van der Waals surface area contributed by atoms with Crippen molar-refractivity contribution in [1.29, 1.82) is 0 Å². The monoisotopic (exact) mass is 286 g/mol. The lowest BCUT2D eigenvalue weighted by atomic mass is 10.1. The Labute approximate surface area is 85.1 Å². The molecule has 0 aromatic heterocycles. The van der Waals surface area contributed by atoms with Gasteiger partial charge in [-0.15, -0.1) is 0 Å². The lowest BCUT2D eigenvalue weighted by molar-refractivity contribution is -0.463. The molecule has 0 saturated heterocycles. The predicted molar refractivity (Wildman–Crippen MR) is 28.0 cm³/mol. The highest BCUT2D eigenvalue weighted by Crippen LogP contribution is 2.53. The van der Waals surface area contributed by atoms with E-state index >= 15 is 0 Å². The Morgan fingerprint density at radius 3 is 1.24 bits per heavy atom. The van der Waals surface area contributed by atoms with Gasteiger partial charge in [0.2, 0.25) is 0 Å². The van der Waals surface area contributed by atoms with Crippen molar-refractivity contribution in [3.05, 3.63) is 0 Å². The highest BCUT2D eigenvalue weighted by Gasteiger charge is 2.83. The normalized spacial score (nSPS) is 15.5. The van der Waals surface area contributed by atoms with E-state index in [4.69, 9.17) is 0 Å². The maximum Gasteiger partial charge on any atom is 0.460 e. The summed E-state index contributed by atoms with van der Waals surface area (Å²) in [6.45, 7) is -4.67. The molecule has 0 aliphatic heterocycles. The van der Waals surface area contributed by atoms with Crippen LogP contribution in [0.15, 0.2) is 0 Å². The number of rotatable bonds is 4. The molecule has 0 atom stereocenters. The fraction of sp³-hybridized carbons (Fsp3) is 1.00. The van der Waals surface area contributed by atoms with Crippen LogP contribution in [0.4, 0.5) is 48.3 Å². The minimum Gasteiger partial charge on any atom is -0.253 e. The summed E-state index contributed by atoms with van der Waals surface area (Å²) in [6, 6.07) is 0. The zero-order valence-corrected chi connectivity index (χ0v) is 7.14. The molecule has 0 amide bonds. The van der Waals surface area contributed by atoms with E-state index in [0.29, 0.717) is 0 Å². The first-order chi connectivity index (χ1) is 7.17. The third-order valence-electron chi connectivity index (χ3n) is 1.35. The Hall–Kier alpha value is -0.810. The van der Waals surface area contributed by atoms with Gasteiger partial charge in [-0.05, 0) is 0 Å². The summed E-state index contributed by atoms with van der Waals surface area (Å²) in [7, 11) is 0. The summed E-state index contributed by atoms with van der Waals surface area (Å²) in [4.78, 5) is 0. The van der Waals surface area contributed by atoms with Gasteiger partial charge in [0.25, 0.3) is 0 Å². The fourth-order valence-corrected chi connectivity index (χ4v) is 0.547. The molecule has 0 aliphatic carbocycles. The summed E-state index contributed by atoms with van der Waals surface area (Å²) < 4.78 is 131. The van der Waals surface area contributed by atoms with Gasteiger partial charge >= 0.3 is 30.7 Å². The molecule has 0 saturated carbocycles. The standard InChI is InChI=1S/C5HF11O/c6-1(7)17-5(15,16)3(10,11)2(8,9)4(12,13)14/h1H. The first-order valence-electron chi connectivity index (χ1n) is 3.33. The van der Waals surface area contributed by atoms with Crippen molar-refractivity contribution in [3.63, 3.8) is 0 Å². The molecule has 0 bridgehead atoms. The summed E-state index contributed by atoms with van der Waals surface area (Å²) >= 11 is 0. The molecule has 0 spiro atoms. The van der Waals surface area contributed by atoms with Gasteiger partial charge in [0.15, 0.2) is 0 Å². The molecule has 0 aromatic carbocycles. The van der Waals surface area contributed by atoms with Gasteiger partial charge in [-0.2, -0.15) is 48.3 Å². The van der Waals surface area contributed by atoms with Crippen molar-refractivity contribution in [2.75, 3.05) is 0 Å². The van der Waals surface area contributed by atoms with Crippen LogP contribution in [0.3, 0.4) is 0 Å². The zero-order valence-electron chi connectivity index (χ0n) is 7.14. The van der Waals surface area contributed by atoms with Crippen molar-refractivity contribution < 1.29 is 53.0 Å². The van der Waals surface area contributed by atoms with Gasteiger partial charge in [-0.1, -0.05) is 0 Å². The topological polar surface area (TPSA) is 9.23 Å². The lowest BCUT2D eigenvalue weighted by Crippen LogP contribution is -2.62. The van der Waals surface area contributed by atoms with Gasteiger partial charge in [-0.3, -0.25) is 4.74 Å². The second-order valence-corrected chi connectivity index (χ2v) is 2.54. The van der Waals surface area contributed by atoms with E-state index in [1.54, 1.807) is 4.74 Å². The Balaban J connectivity index is 5.39. The maximum atomic E-state index is 12.2. The van der Waals surface area contributed by atoms with E-state index in [9.17, 15) is 48.3 Å². The second kappa shape index (κ2) is 4.14. The van der Waals surface area contributed by atoms with Gasteiger partial charge < -0.3 is 0 Å². The summed E-state index contributed by atoms with van der Waals surface area (Å²) in [5, 5.41) is 0. The fourth-order valence-electron chi connectivity index (χ4n) is 0.547. The maximum absolute atomic E-state index is 12.2. The van der Waals surface area contributed by atoms with Crippen LogP contribution in [0.2, 0.25) is 0 Å². The van der Waals surface area contributed by atoms with Crippen LogP contribution >= 0.6 is 0 Å². The summed E-state index contributed by atoms with van der Waals surface area (Å²) in [6.07, 6.45) is -13.8. The van der Waals surface area contributed by atoms with Gasteiger partial charge in [0.1, 0.15) is 0 Å². The largest absolute Gasteiger partial charge is 0.460 e. The Bertz CT molecular complexity index is 266. The smallest absolute Gasteiger partial charge is 0.253 e. The van der Waals surface area contributed by atoms with Crippen LogP contribution in [-0.4, -0.2) is 30.7 Å². The molecule has 1 nitrogen and oxygen atoms in total. The molecule has 0 N–H and O–H groups in total. The van der Waals surface area contributed by atoms with E-state index in [1.165, 1.54) is 0 Å². The van der Waals surface area contributed by atoms with Crippen LogP contribution in [0.5, 0.6) is 0 Å². The second-order valence-electron chi connectivity index (χ2n) is 2.54. The van der Waals surface area contributed by atoms with Crippen LogP contribution < -0.4 is 0 Å². The van der Waals surface area contributed by atoms with Crippen LogP contribution in [0.1, 0.15) is 0 Å². The van der Waals surface area contributed by atoms with Crippen LogP contribution in [-0.2, 0) is 4.74 Å². The van der Waals surface area contributed by atoms with Crippen LogP contribution in [0, 0.1) is 0 Å². The molecule has 0 unspecified atom stereocenters. The Morgan fingerprint density at radius 2 is 1.00 bits per heavy atom.